The molecule has 5 rings (SSSR count). The van der Waals surface area contributed by atoms with Crippen LogP contribution in [0, 0.1) is 17.2 Å². The lowest BCUT2D eigenvalue weighted by Crippen LogP contribution is -2.54. The van der Waals surface area contributed by atoms with Gasteiger partial charge in [-0.2, -0.15) is 10.4 Å². The molecule has 36 heavy (non-hydrogen) atoms. The molecule has 186 valence electrons. The van der Waals surface area contributed by atoms with E-state index >= 15 is 4.39 Å². The van der Waals surface area contributed by atoms with E-state index < -0.39 is 17.6 Å². The number of benzene rings is 1. The number of Topliss-reactive ketones (excluding diaryl/α,β-unsaturated/α-hetero) is 1. The maximum absolute atomic E-state index is 15.9. The van der Waals surface area contributed by atoms with Gasteiger partial charge in [-0.15, -0.1) is 0 Å². The van der Waals surface area contributed by atoms with Crippen LogP contribution in [0.1, 0.15) is 47.3 Å². The van der Waals surface area contributed by atoms with Gasteiger partial charge in [0.25, 0.3) is 5.91 Å². The number of halogens is 1. The summed E-state index contributed by atoms with van der Waals surface area (Å²) in [4.78, 5) is 26.4. The summed E-state index contributed by atoms with van der Waals surface area (Å²) < 4.78 is 22.7. The zero-order valence-electron chi connectivity index (χ0n) is 19.9. The van der Waals surface area contributed by atoms with Crippen LogP contribution in [0.15, 0.2) is 53.3 Å². The van der Waals surface area contributed by atoms with Gasteiger partial charge in [0.1, 0.15) is 23.3 Å². The van der Waals surface area contributed by atoms with Crippen LogP contribution in [0.3, 0.4) is 0 Å². The summed E-state index contributed by atoms with van der Waals surface area (Å²) in [6, 6.07) is 13.8. The zero-order chi connectivity index (χ0) is 25.3. The predicted octanol–water partition coefficient (Wildman–Crippen LogP) is 3.62. The van der Waals surface area contributed by atoms with E-state index in [0.717, 1.165) is 29.7 Å². The van der Waals surface area contributed by atoms with Crippen molar-refractivity contribution >= 4 is 11.7 Å². The van der Waals surface area contributed by atoms with Gasteiger partial charge in [0.15, 0.2) is 0 Å². The number of aromatic nitrogens is 2. The second-order valence-electron chi connectivity index (χ2n) is 9.78. The molecule has 9 heteroatoms. The van der Waals surface area contributed by atoms with Crippen molar-refractivity contribution in [2.24, 2.45) is 11.7 Å². The molecule has 2 N–H and O–H groups in total. The molecule has 0 radical (unpaired) electrons. The maximum atomic E-state index is 15.9. The Morgan fingerprint density at radius 3 is 2.64 bits per heavy atom. The number of carbonyl (C=O) groups excluding carboxylic acids is 2. The average molecular weight is 490 g/mol. The molecule has 0 bridgehead atoms. The maximum Gasteiger partial charge on any atom is 0.252 e. The van der Waals surface area contributed by atoms with Crippen molar-refractivity contribution in [1.82, 2.24) is 14.7 Å². The van der Waals surface area contributed by atoms with E-state index in [1.54, 1.807) is 6.26 Å². The monoisotopic (exact) mass is 489 g/mol. The Morgan fingerprint density at radius 2 is 2.03 bits per heavy atom. The van der Waals surface area contributed by atoms with Crippen LogP contribution < -0.4 is 5.73 Å². The van der Waals surface area contributed by atoms with Crippen molar-refractivity contribution in [3.63, 3.8) is 0 Å². The number of alkyl halides is 1. The summed E-state index contributed by atoms with van der Waals surface area (Å²) in [6.45, 7) is 1.22. The Balaban J connectivity index is 1.33. The summed E-state index contributed by atoms with van der Waals surface area (Å²) in [7, 11) is 0. The number of primary amides is 1. The van der Waals surface area contributed by atoms with Crippen molar-refractivity contribution < 1.29 is 18.4 Å². The number of nitriles is 1. The summed E-state index contributed by atoms with van der Waals surface area (Å²) >= 11 is 0. The lowest BCUT2D eigenvalue weighted by Gasteiger charge is -2.43. The van der Waals surface area contributed by atoms with E-state index in [-0.39, 0.29) is 42.3 Å². The molecule has 1 aliphatic heterocycles. The number of piperidine rings is 1. The Bertz CT molecular complexity index is 1290. The topological polar surface area (TPSA) is 118 Å². The van der Waals surface area contributed by atoms with Gasteiger partial charge in [0, 0.05) is 37.3 Å². The molecule has 3 aromatic rings. The molecule has 2 unspecified atom stereocenters. The quantitative estimate of drug-likeness (QED) is 0.491. The number of hydrogen-bond acceptors (Lipinski definition) is 6. The first kappa shape index (κ1) is 23.9. The Hall–Kier alpha value is -3.77. The van der Waals surface area contributed by atoms with Crippen LogP contribution in [-0.2, 0) is 23.3 Å². The van der Waals surface area contributed by atoms with Gasteiger partial charge < -0.3 is 10.2 Å². The minimum Gasteiger partial charge on any atom is -0.464 e. The number of ketones is 1. The highest BCUT2D eigenvalue weighted by Crippen LogP contribution is 2.37. The van der Waals surface area contributed by atoms with E-state index in [0.29, 0.717) is 19.5 Å². The highest BCUT2D eigenvalue weighted by Gasteiger charge is 2.46. The third-order valence-electron chi connectivity index (χ3n) is 7.30. The molecule has 2 aromatic heterocycles. The van der Waals surface area contributed by atoms with Crippen molar-refractivity contribution in [3.8, 4) is 17.4 Å². The molecule has 1 aromatic carbocycles. The van der Waals surface area contributed by atoms with E-state index in [9.17, 15) is 14.9 Å². The largest absolute Gasteiger partial charge is 0.464 e. The molecule has 2 aliphatic rings. The first-order valence-corrected chi connectivity index (χ1v) is 12.2. The smallest absolute Gasteiger partial charge is 0.252 e. The standard InChI is InChI=1S/C27H28FN5O3/c28-25-17-32(15-18-3-5-20(6-4-18)24-2-1-13-36-24)12-10-27(25,9-11-29)33-16-21(26(30)35)22(31-33)14-23(34)19-7-8-19/h1-6,13,16,19,25H,7-10,12,14-15,17H2,(H2,30,35). The van der Waals surface area contributed by atoms with Gasteiger partial charge in [-0.3, -0.25) is 19.2 Å². The molecule has 2 fully saturated rings. The third kappa shape index (κ3) is 4.69. The number of furan rings is 1. The predicted molar refractivity (Wildman–Crippen MR) is 129 cm³/mol. The summed E-state index contributed by atoms with van der Waals surface area (Å²) in [6.07, 6.45) is 3.57. The van der Waals surface area contributed by atoms with Crippen LogP contribution in [0.5, 0.6) is 0 Å². The molecule has 2 atom stereocenters. The molecule has 0 spiro atoms. The number of nitrogens with two attached hydrogens (primary N) is 1. The Kier molecular flexibility index (Phi) is 6.46. The fourth-order valence-electron chi connectivity index (χ4n) is 4.98. The fourth-order valence-corrected chi connectivity index (χ4v) is 4.98. The normalized spacial score (nSPS) is 22.3. The first-order valence-electron chi connectivity index (χ1n) is 12.2. The molecule has 8 nitrogen and oxygen atoms in total. The number of likely N-dealkylation sites (tertiary alicyclic amines) is 1. The summed E-state index contributed by atoms with van der Waals surface area (Å²) in [5, 5.41) is 14.0. The van der Waals surface area contributed by atoms with Gasteiger partial charge in [0.05, 0.1) is 36.4 Å². The lowest BCUT2D eigenvalue weighted by atomic mass is 9.83. The number of carbonyl (C=O) groups is 2. The molecule has 3 heterocycles. The number of amides is 1. The van der Waals surface area contributed by atoms with Gasteiger partial charge in [-0.05, 0) is 37.0 Å². The molecule has 1 saturated heterocycles. The zero-order valence-corrected chi connectivity index (χ0v) is 19.9. The average Bonchev–Trinajstić information content (AvgIpc) is 3.40. The van der Waals surface area contributed by atoms with Crippen molar-refractivity contribution in [1.29, 1.82) is 5.26 Å². The first-order chi connectivity index (χ1) is 17.4. The lowest BCUT2D eigenvalue weighted by molar-refractivity contribution is -0.119. The van der Waals surface area contributed by atoms with Gasteiger partial charge in [0.2, 0.25) is 0 Å². The van der Waals surface area contributed by atoms with E-state index in [2.05, 4.69) is 11.2 Å². The number of rotatable bonds is 9. The van der Waals surface area contributed by atoms with E-state index in [1.807, 2.05) is 41.3 Å². The minimum absolute atomic E-state index is 0.00431. The highest BCUT2D eigenvalue weighted by atomic mass is 19.1. The summed E-state index contributed by atoms with van der Waals surface area (Å²) in [5.41, 5.74) is 6.73. The second kappa shape index (κ2) is 9.70. The van der Waals surface area contributed by atoms with Crippen LogP contribution >= 0.6 is 0 Å². The van der Waals surface area contributed by atoms with Crippen LogP contribution in [0.4, 0.5) is 4.39 Å². The molecule has 1 saturated carbocycles. The second-order valence-corrected chi connectivity index (χ2v) is 9.78. The Labute approximate surface area is 208 Å². The van der Waals surface area contributed by atoms with Gasteiger partial charge in [-0.25, -0.2) is 4.39 Å². The van der Waals surface area contributed by atoms with Gasteiger partial charge in [-0.1, -0.05) is 24.3 Å². The molecular weight excluding hydrogens is 461 g/mol. The molecule has 1 aliphatic carbocycles. The van der Waals surface area contributed by atoms with Crippen LogP contribution in [0.25, 0.3) is 11.3 Å². The molecule has 1 amide bonds. The fraction of sp³-hybridized carbons (Fsp3) is 0.407. The SMILES string of the molecule is N#CCC1(n2cc(C(N)=O)c(CC(=O)C3CC3)n2)CCN(Cc2ccc(-c3ccco3)cc2)CC1F. The van der Waals surface area contributed by atoms with Gasteiger partial charge >= 0.3 is 0 Å². The van der Waals surface area contributed by atoms with Crippen LogP contribution in [0.2, 0.25) is 0 Å². The van der Waals surface area contributed by atoms with E-state index in [4.69, 9.17) is 10.2 Å². The highest BCUT2D eigenvalue weighted by molar-refractivity contribution is 5.95. The number of nitrogens with zero attached hydrogens (tertiary/aromatic N) is 4. The van der Waals surface area contributed by atoms with Crippen molar-refractivity contribution in [2.75, 3.05) is 13.1 Å². The van der Waals surface area contributed by atoms with Crippen molar-refractivity contribution in [3.05, 3.63) is 65.7 Å². The van der Waals surface area contributed by atoms with E-state index in [1.165, 1.54) is 10.9 Å². The third-order valence-corrected chi connectivity index (χ3v) is 7.30. The summed E-state index contributed by atoms with van der Waals surface area (Å²) in [5.74, 6) is 0.103. The Morgan fingerprint density at radius 1 is 1.25 bits per heavy atom. The molecular formula is C27H28FN5O3. The van der Waals surface area contributed by atoms with Crippen molar-refractivity contribution in [2.45, 2.75) is 50.4 Å². The minimum atomic E-state index is -1.40. The van der Waals surface area contributed by atoms with Crippen LogP contribution in [-0.4, -0.2) is 45.6 Å². The number of hydrogen-bond donors (Lipinski definition) is 1.